The van der Waals surface area contributed by atoms with Crippen LogP contribution in [0.3, 0.4) is 0 Å². The lowest BCUT2D eigenvalue weighted by Gasteiger charge is -2.26. The minimum atomic E-state index is -0.449. The van der Waals surface area contributed by atoms with E-state index >= 15 is 0 Å². The van der Waals surface area contributed by atoms with E-state index in [4.69, 9.17) is 5.11 Å². The SMILES string of the molecule is CC1=CC(C)(C)[C@H](CO)[C@H]1O. The van der Waals surface area contributed by atoms with Crippen LogP contribution in [0.5, 0.6) is 0 Å². The van der Waals surface area contributed by atoms with E-state index in [-0.39, 0.29) is 17.9 Å². The number of allylic oxidation sites excluding steroid dienone is 1. The van der Waals surface area contributed by atoms with Gasteiger partial charge in [0, 0.05) is 12.5 Å². The molecule has 0 heterocycles. The molecule has 0 amide bonds. The second-order valence-electron chi connectivity index (χ2n) is 3.94. The molecule has 0 aliphatic heterocycles. The topological polar surface area (TPSA) is 40.5 Å². The standard InChI is InChI=1S/C9H16O2/c1-6-4-9(2,3)7(5-10)8(6)11/h4,7-8,10-11H,5H2,1-3H3/t7-,8+/m1/s1. The first-order valence-corrected chi connectivity index (χ1v) is 3.97. The van der Waals surface area contributed by atoms with Gasteiger partial charge in [0.2, 0.25) is 0 Å². The van der Waals surface area contributed by atoms with E-state index in [0.29, 0.717) is 0 Å². The quantitative estimate of drug-likeness (QED) is 0.555. The van der Waals surface area contributed by atoms with E-state index < -0.39 is 6.10 Å². The largest absolute Gasteiger partial charge is 0.396 e. The third kappa shape index (κ3) is 1.33. The van der Waals surface area contributed by atoms with Crippen LogP contribution < -0.4 is 0 Å². The highest BCUT2D eigenvalue weighted by Gasteiger charge is 2.39. The zero-order valence-corrected chi connectivity index (χ0v) is 7.33. The molecule has 0 bridgehead atoms. The number of rotatable bonds is 1. The van der Waals surface area contributed by atoms with Gasteiger partial charge in [-0.05, 0) is 17.9 Å². The smallest absolute Gasteiger partial charge is 0.0805 e. The van der Waals surface area contributed by atoms with Crippen molar-refractivity contribution in [2.24, 2.45) is 11.3 Å². The van der Waals surface area contributed by atoms with Gasteiger partial charge in [0.25, 0.3) is 0 Å². The van der Waals surface area contributed by atoms with Crippen LogP contribution in [-0.4, -0.2) is 22.9 Å². The molecular formula is C9H16O2. The van der Waals surface area contributed by atoms with Crippen LogP contribution in [0.1, 0.15) is 20.8 Å². The lowest BCUT2D eigenvalue weighted by molar-refractivity contribution is 0.0562. The molecule has 0 radical (unpaired) electrons. The number of hydrogen-bond donors (Lipinski definition) is 2. The Kier molecular flexibility index (Phi) is 2.08. The van der Waals surface area contributed by atoms with E-state index in [9.17, 15) is 5.11 Å². The van der Waals surface area contributed by atoms with E-state index in [0.717, 1.165) is 5.57 Å². The molecule has 2 nitrogen and oxygen atoms in total. The Morgan fingerprint density at radius 1 is 1.55 bits per heavy atom. The summed E-state index contributed by atoms with van der Waals surface area (Å²) < 4.78 is 0. The summed E-state index contributed by atoms with van der Waals surface area (Å²) in [7, 11) is 0. The normalized spacial score (nSPS) is 35.5. The second kappa shape index (κ2) is 2.61. The third-order valence-corrected chi connectivity index (χ3v) is 2.60. The highest BCUT2D eigenvalue weighted by atomic mass is 16.3. The first-order valence-electron chi connectivity index (χ1n) is 3.97. The van der Waals surface area contributed by atoms with Gasteiger partial charge in [-0.2, -0.15) is 0 Å². The fourth-order valence-corrected chi connectivity index (χ4v) is 1.84. The van der Waals surface area contributed by atoms with Crippen molar-refractivity contribution >= 4 is 0 Å². The molecule has 0 fully saturated rings. The van der Waals surface area contributed by atoms with Gasteiger partial charge in [0.05, 0.1) is 6.10 Å². The monoisotopic (exact) mass is 156 g/mol. The molecule has 2 heteroatoms. The Morgan fingerprint density at radius 2 is 2.09 bits per heavy atom. The summed E-state index contributed by atoms with van der Waals surface area (Å²) in [6.45, 7) is 6.03. The van der Waals surface area contributed by atoms with Crippen molar-refractivity contribution in [3.05, 3.63) is 11.6 Å². The molecule has 0 saturated carbocycles. The number of aliphatic hydroxyl groups excluding tert-OH is 2. The lowest BCUT2D eigenvalue weighted by Crippen LogP contribution is -2.30. The highest BCUT2D eigenvalue weighted by Crippen LogP contribution is 2.40. The fourth-order valence-electron chi connectivity index (χ4n) is 1.84. The van der Waals surface area contributed by atoms with E-state index in [1.807, 2.05) is 26.8 Å². The van der Waals surface area contributed by atoms with Gasteiger partial charge in [0.1, 0.15) is 0 Å². The average Bonchev–Trinajstić information content (AvgIpc) is 2.03. The second-order valence-corrected chi connectivity index (χ2v) is 3.94. The summed E-state index contributed by atoms with van der Waals surface area (Å²) in [6.07, 6.45) is 1.59. The van der Waals surface area contributed by atoms with Crippen LogP contribution in [0.4, 0.5) is 0 Å². The Balaban J connectivity index is 2.85. The maximum atomic E-state index is 9.56. The molecule has 0 aromatic heterocycles. The van der Waals surface area contributed by atoms with E-state index in [1.54, 1.807) is 0 Å². The van der Waals surface area contributed by atoms with Crippen molar-refractivity contribution in [2.45, 2.75) is 26.9 Å². The molecule has 2 atom stereocenters. The predicted octanol–water partition coefficient (Wildman–Crippen LogP) is 0.942. The van der Waals surface area contributed by atoms with Gasteiger partial charge in [-0.25, -0.2) is 0 Å². The van der Waals surface area contributed by atoms with Crippen LogP contribution in [0.25, 0.3) is 0 Å². The molecule has 1 aliphatic rings. The summed E-state index contributed by atoms with van der Waals surface area (Å²) >= 11 is 0. The summed E-state index contributed by atoms with van der Waals surface area (Å²) in [6, 6.07) is 0. The predicted molar refractivity (Wildman–Crippen MR) is 44.1 cm³/mol. The molecule has 0 aromatic carbocycles. The summed E-state index contributed by atoms with van der Waals surface area (Å²) in [5, 5.41) is 18.6. The van der Waals surface area contributed by atoms with E-state index in [2.05, 4.69) is 0 Å². The van der Waals surface area contributed by atoms with Crippen LogP contribution in [0.2, 0.25) is 0 Å². The van der Waals surface area contributed by atoms with Crippen molar-refractivity contribution in [1.82, 2.24) is 0 Å². The molecule has 2 N–H and O–H groups in total. The van der Waals surface area contributed by atoms with Gasteiger partial charge in [0.15, 0.2) is 0 Å². The summed E-state index contributed by atoms with van der Waals surface area (Å²) in [5.41, 5.74) is 0.923. The lowest BCUT2D eigenvalue weighted by atomic mass is 9.82. The minimum Gasteiger partial charge on any atom is -0.396 e. The van der Waals surface area contributed by atoms with Crippen molar-refractivity contribution in [3.8, 4) is 0 Å². The average molecular weight is 156 g/mol. The first-order chi connectivity index (χ1) is 4.99. The summed E-state index contributed by atoms with van der Waals surface area (Å²) in [4.78, 5) is 0. The third-order valence-electron chi connectivity index (χ3n) is 2.60. The molecule has 64 valence electrons. The van der Waals surface area contributed by atoms with Gasteiger partial charge in [-0.1, -0.05) is 19.9 Å². The van der Waals surface area contributed by atoms with Gasteiger partial charge in [-0.3, -0.25) is 0 Å². The summed E-state index contributed by atoms with van der Waals surface area (Å²) in [5.74, 6) is -0.0255. The van der Waals surface area contributed by atoms with Crippen LogP contribution >= 0.6 is 0 Å². The van der Waals surface area contributed by atoms with Crippen LogP contribution in [0, 0.1) is 11.3 Å². The zero-order chi connectivity index (χ0) is 8.65. The van der Waals surface area contributed by atoms with Crippen molar-refractivity contribution in [3.63, 3.8) is 0 Å². The Morgan fingerprint density at radius 3 is 2.27 bits per heavy atom. The van der Waals surface area contributed by atoms with Crippen molar-refractivity contribution in [1.29, 1.82) is 0 Å². The maximum absolute atomic E-state index is 9.56. The Hall–Kier alpha value is -0.340. The molecule has 0 unspecified atom stereocenters. The zero-order valence-electron chi connectivity index (χ0n) is 7.33. The van der Waals surface area contributed by atoms with Crippen LogP contribution in [0.15, 0.2) is 11.6 Å². The number of hydrogen-bond acceptors (Lipinski definition) is 2. The Bertz CT molecular complexity index is 182. The fraction of sp³-hybridized carbons (Fsp3) is 0.778. The molecule has 11 heavy (non-hydrogen) atoms. The van der Waals surface area contributed by atoms with Gasteiger partial charge < -0.3 is 10.2 Å². The number of aliphatic hydroxyl groups is 2. The molecule has 0 saturated heterocycles. The Labute approximate surface area is 67.6 Å². The molecule has 1 aliphatic carbocycles. The van der Waals surface area contributed by atoms with Crippen molar-refractivity contribution < 1.29 is 10.2 Å². The molecule has 0 aromatic rings. The van der Waals surface area contributed by atoms with Gasteiger partial charge >= 0.3 is 0 Å². The van der Waals surface area contributed by atoms with Crippen molar-refractivity contribution in [2.75, 3.05) is 6.61 Å². The van der Waals surface area contributed by atoms with E-state index in [1.165, 1.54) is 0 Å². The minimum absolute atomic E-state index is 0.0255. The molecular weight excluding hydrogens is 140 g/mol. The highest BCUT2D eigenvalue weighted by molar-refractivity contribution is 5.21. The maximum Gasteiger partial charge on any atom is 0.0805 e. The van der Waals surface area contributed by atoms with Crippen LogP contribution in [-0.2, 0) is 0 Å². The molecule has 1 rings (SSSR count). The first kappa shape index (κ1) is 8.75. The van der Waals surface area contributed by atoms with Gasteiger partial charge in [-0.15, -0.1) is 0 Å². The molecule has 0 spiro atoms.